The Morgan fingerprint density at radius 3 is 1.96 bits per heavy atom. The molecule has 0 aliphatic rings. The molecule has 0 heterocycles. The summed E-state index contributed by atoms with van der Waals surface area (Å²) in [4.78, 5) is 24.5. The van der Waals surface area contributed by atoms with E-state index in [0.717, 1.165) is 12.8 Å². The fourth-order valence-corrected chi connectivity index (χ4v) is 2.54. The maximum Gasteiger partial charge on any atom is 0.325 e. The molecule has 0 saturated heterocycles. The minimum Gasteiger partial charge on any atom is -0.465 e. The Balaban J connectivity index is 3.60. The fraction of sp³-hybridized carbons (Fsp3) is 0.842. The van der Waals surface area contributed by atoms with E-state index in [0.29, 0.717) is 13.0 Å². The molecule has 0 aliphatic heterocycles. The van der Waals surface area contributed by atoms with Crippen molar-refractivity contribution in [1.82, 2.24) is 10.2 Å². The summed E-state index contributed by atoms with van der Waals surface area (Å²) in [5.74, 6) is -0.635. The molecule has 0 unspecified atom stereocenters. The highest BCUT2D eigenvalue weighted by Gasteiger charge is 2.12. The second-order valence-electron chi connectivity index (χ2n) is 6.49. The number of rotatable bonds is 14. The van der Waals surface area contributed by atoms with Crippen molar-refractivity contribution in [3.8, 4) is 0 Å². The van der Waals surface area contributed by atoms with Crippen LogP contribution in [-0.2, 0) is 14.3 Å². The number of nitrogens with zero attached hydrogens (tertiary/aromatic N) is 1. The van der Waals surface area contributed by atoms with Crippen molar-refractivity contribution in [3.05, 3.63) is 0 Å². The first-order valence-electron chi connectivity index (χ1n) is 9.76. The molecule has 0 aliphatic carbocycles. The van der Waals surface area contributed by atoms with E-state index >= 15 is 0 Å². The van der Waals surface area contributed by atoms with Gasteiger partial charge in [-0.05, 0) is 13.3 Å². The number of unbranched alkanes of at least 4 members (excludes halogenated alkanes) is 9. The number of hydrogen-bond donors (Lipinski definition) is 2. The molecule has 0 saturated carbocycles. The smallest absolute Gasteiger partial charge is 0.325 e. The molecule has 146 valence electrons. The van der Waals surface area contributed by atoms with Crippen molar-refractivity contribution in [3.63, 3.8) is 0 Å². The second kappa shape index (κ2) is 15.9. The van der Waals surface area contributed by atoms with Crippen LogP contribution < -0.4 is 5.32 Å². The van der Waals surface area contributed by atoms with Gasteiger partial charge < -0.3 is 9.64 Å². The summed E-state index contributed by atoms with van der Waals surface area (Å²) in [6.45, 7) is 4.24. The fourth-order valence-electron chi connectivity index (χ4n) is 2.54. The lowest BCUT2D eigenvalue weighted by Crippen LogP contribution is -2.43. The molecule has 0 aromatic heterocycles. The predicted octanol–water partition coefficient (Wildman–Crippen LogP) is 3.84. The number of carbonyl (C=O) groups excluding carboxylic acids is 2. The van der Waals surface area contributed by atoms with Crippen molar-refractivity contribution in [2.75, 3.05) is 20.2 Å². The molecule has 0 spiro atoms. The van der Waals surface area contributed by atoms with Crippen LogP contribution in [0.25, 0.3) is 0 Å². The Kier molecular flexibility index (Phi) is 14.9. The van der Waals surface area contributed by atoms with Crippen LogP contribution in [0.1, 0.15) is 84.5 Å². The largest absolute Gasteiger partial charge is 0.465 e. The Morgan fingerprint density at radius 2 is 1.44 bits per heavy atom. The lowest BCUT2D eigenvalue weighted by molar-refractivity contribution is -0.143. The van der Waals surface area contributed by atoms with Gasteiger partial charge in [-0.3, -0.25) is 20.3 Å². The van der Waals surface area contributed by atoms with Crippen LogP contribution in [0, 0.1) is 5.41 Å². The van der Waals surface area contributed by atoms with E-state index in [9.17, 15) is 9.59 Å². The van der Waals surface area contributed by atoms with Gasteiger partial charge in [0.15, 0.2) is 5.96 Å². The maximum atomic E-state index is 11.8. The first-order chi connectivity index (χ1) is 12.0. The van der Waals surface area contributed by atoms with Gasteiger partial charge >= 0.3 is 5.97 Å². The third kappa shape index (κ3) is 14.5. The summed E-state index contributed by atoms with van der Waals surface area (Å²) < 4.78 is 4.82. The predicted molar refractivity (Wildman–Crippen MR) is 102 cm³/mol. The number of amides is 1. The maximum absolute atomic E-state index is 11.8. The van der Waals surface area contributed by atoms with Gasteiger partial charge in [-0.15, -0.1) is 0 Å². The van der Waals surface area contributed by atoms with E-state index in [-0.39, 0.29) is 18.4 Å². The van der Waals surface area contributed by atoms with Crippen LogP contribution in [0.15, 0.2) is 0 Å². The molecule has 1 amide bonds. The number of ether oxygens (including phenoxy) is 1. The molecule has 2 N–H and O–H groups in total. The third-order valence-electron chi connectivity index (χ3n) is 4.07. The SMILES string of the molecule is CCCCCCCCCCCCC(=O)NC(=N)N(C)CC(=O)OCC. The number of hydrogen-bond acceptors (Lipinski definition) is 4. The first-order valence-corrected chi connectivity index (χ1v) is 9.76. The van der Waals surface area contributed by atoms with Gasteiger partial charge in [0.25, 0.3) is 0 Å². The molecule has 6 nitrogen and oxygen atoms in total. The molecule has 0 fully saturated rings. The number of nitrogens with one attached hydrogen (secondary N) is 2. The molecule has 6 heteroatoms. The van der Waals surface area contributed by atoms with Crippen molar-refractivity contribution >= 4 is 17.8 Å². The van der Waals surface area contributed by atoms with Crippen molar-refractivity contribution in [1.29, 1.82) is 5.41 Å². The van der Waals surface area contributed by atoms with Crippen molar-refractivity contribution in [2.45, 2.75) is 84.5 Å². The van der Waals surface area contributed by atoms with Gasteiger partial charge in [0, 0.05) is 13.5 Å². The van der Waals surface area contributed by atoms with Gasteiger partial charge in [0.05, 0.1) is 6.61 Å². The van der Waals surface area contributed by atoms with Crippen LogP contribution in [0.4, 0.5) is 0 Å². The van der Waals surface area contributed by atoms with E-state index in [1.54, 1.807) is 14.0 Å². The number of guanidine groups is 1. The highest BCUT2D eigenvalue weighted by Crippen LogP contribution is 2.11. The minimum atomic E-state index is -0.404. The van der Waals surface area contributed by atoms with Crippen LogP contribution in [0.3, 0.4) is 0 Å². The molecule has 0 bridgehead atoms. The summed E-state index contributed by atoms with van der Waals surface area (Å²) in [6, 6.07) is 0. The number of carbonyl (C=O) groups is 2. The van der Waals surface area contributed by atoms with E-state index < -0.39 is 5.97 Å². The van der Waals surface area contributed by atoms with Gasteiger partial charge in [-0.1, -0.05) is 64.7 Å². The molecule has 0 rings (SSSR count). The molecule has 0 aromatic rings. The monoisotopic (exact) mass is 355 g/mol. The van der Waals surface area contributed by atoms with Crippen LogP contribution in [-0.4, -0.2) is 42.9 Å². The lowest BCUT2D eigenvalue weighted by Gasteiger charge is -2.19. The zero-order valence-corrected chi connectivity index (χ0v) is 16.4. The summed E-state index contributed by atoms with van der Waals surface area (Å²) in [5, 5.41) is 10.3. The van der Waals surface area contributed by atoms with E-state index in [4.69, 9.17) is 10.1 Å². The second-order valence-corrected chi connectivity index (χ2v) is 6.49. The van der Waals surface area contributed by atoms with E-state index in [1.807, 2.05) is 0 Å². The molecular formula is C19H37N3O3. The standard InChI is InChI=1S/C19H37N3O3/c1-4-6-7-8-9-10-11-12-13-14-15-17(23)21-19(20)22(3)16-18(24)25-5-2/h4-16H2,1-3H3,(H2,20,21,23). The number of likely N-dealkylation sites (N-methyl/N-ethyl adjacent to an activating group) is 1. The Bertz CT molecular complexity index is 386. The van der Waals surface area contributed by atoms with Crippen LogP contribution >= 0.6 is 0 Å². The van der Waals surface area contributed by atoms with Crippen LogP contribution in [0.2, 0.25) is 0 Å². The zero-order valence-electron chi connectivity index (χ0n) is 16.4. The Morgan fingerprint density at radius 1 is 0.920 bits per heavy atom. The Labute approximate surface area is 153 Å². The quantitative estimate of drug-likeness (QED) is 0.215. The van der Waals surface area contributed by atoms with Crippen LogP contribution in [0.5, 0.6) is 0 Å². The Hall–Kier alpha value is -1.59. The minimum absolute atomic E-state index is 0.0365. The highest BCUT2D eigenvalue weighted by atomic mass is 16.5. The van der Waals surface area contributed by atoms with E-state index in [2.05, 4.69) is 12.2 Å². The topological polar surface area (TPSA) is 82.5 Å². The molecule has 0 aromatic carbocycles. The average Bonchev–Trinajstić information content (AvgIpc) is 2.56. The molecule has 25 heavy (non-hydrogen) atoms. The van der Waals surface area contributed by atoms with Crippen molar-refractivity contribution < 1.29 is 14.3 Å². The van der Waals surface area contributed by atoms with Gasteiger partial charge in [-0.25, -0.2) is 0 Å². The summed E-state index contributed by atoms with van der Waals surface area (Å²) in [7, 11) is 1.58. The molecule has 0 radical (unpaired) electrons. The normalized spacial score (nSPS) is 10.4. The van der Waals surface area contributed by atoms with Gasteiger partial charge in [0.1, 0.15) is 6.54 Å². The zero-order chi connectivity index (χ0) is 18.9. The van der Waals surface area contributed by atoms with Gasteiger partial charge in [-0.2, -0.15) is 0 Å². The van der Waals surface area contributed by atoms with Crippen molar-refractivity contribution in [2.24, 2.45) is 0 Å². The summed E-state index contributed by atoms with van der Waals surface area (Å²) >= 11 is 0. The third-order valence-corrected chi connectivity index (χ3v) is 4.07. The summed E-state index contributed by atoms with van der Waals surface area (Å²) in [5.41, 5.74) is 0. The first kappa shape index (κ1) is 23.4. The summed E-state index contributed by atoms with van der Waals surface area (Å²) in [6.07, 6.45) is 12.7. The number of esters is 1. The molecule has 0 atom stereocenters. The lowest BCUT2D eigenvalue weighted by atomic mass is 10.1. The van der Waals surface area contributed by atoms with E-state index in [1.165, 1.54) is 56.3 Å². The average molecular weight is 356 g/mol. The molecular weight excluding hydrogens is 318 g/mol. The van der Waals surface area contributed by atoms with Gasteiger partial charge in [0.2, 0.25) is 5.91 Å². The highest BCUT2D eigenvalue weighted by molar-refractivity contribution is 5.96.